The molecule has 2 rings (SSSR count). The predicted molar refractivity (Wildman–Crippen MR) is 112 cm³/mol. The van der Waals surface area contributed by atoms with Crippen LogP contribution in [-0.2, 0) is 25.7 Å². The molecule has 0 radical (unpaired) electrons. The normalized spacial score (nSPS) is 10.1. The van der Waals surface area contributed by atoms with Gasteiger partial charge in [0.05, 0.1) is 23.2 Å². The van der Waals surface area contributed by atoms with E-state index < -0.39 is 11.9 Å². The van der Waals surface area contributed by atoms with Crippen molar-refractivity contribution in [3.05, 3.63) is 66.5 Å². The van der Waals surface area contributed by atoms with E-state index in [1.54, 1.807) is 12.1 Å². The van der Waals surface area contributed by atoms with Crippen molar-refractivity contribution >= 4 is 65.8 Å². The molecule has 0 fully saturated rings. The molecule has 0 aromatic heterocycles. The van der Waals surface area contributed by atoms with Crippen molar-refractivity contribution in [2.24, 2.45) is 0 Å². The lowest BCUT2D eigenvalue weighted by molar-refractivity contribution is -0.143. The van der Waals surface area contributed by atoms with E-state index in [-0.39, 0.29) is 5.57 Å². The summed E-state index contributed by atoms with van der Waals surface area (Å²) < 4.78 is 17.5. The van der Waals surface area contributed by atoms with Crippen LogP contribution in [0.1, 0.15) is 11.1 Å². The van der Waals surface area contributed by atoms with E-state index in [1.165, 1.54) is 20.3 Å². The average Bonchev–Trinajstić information content (AvgIpc) is 2.65. The molecule has 2 aromatic rings. The number of rotatable bonds is 6. The van der Waals surface area contributed by atoms with Crippen LogP contribution in [-0.4, -0.2) is 26.2 Å². The number of methoxy groups -OCH3 is 2. The van der Waals surface area contributed by atoms with Crippen molar-refractivity contribution in [1.82, 2.24) is 0 Å². The fourth-order valence-corrected chi connectivity index (χ4v) is 3.84. The molecule has 0 saturated heterocycles. The first kappa shape index (κ1) is 21.7. The Morgan fingerprint density at radius 3 is 1.93 bits per heavy atom. The van der Waals surface area contributed by atoms with Gasteiger partial charge in [-0.15, -0.1) is 0 Å². The van der Waals surface area contributed by atoms with Crippen molar-refractivity contribution < 1.29 is 23.8 Å². The molecule has 27 heavy (non-hydrogen) atoms. The van der Waals surface area contributed by atoms with Gasteiger partial charge in [-0.3, -0.25) is 0 Å². The van der Waals surface area contributed by atoms with Crippen LogP contribution in [0.3, 0.4) is 0 Å². The van der Waals surface area contributed by atoms with Crippen LogP contribution in [0.5, 0.6) is 5.75 Å². The number of hydrogen-bond acceptors (Lipinski definition) is 5. The molecule has 0 aliphatic rings. The van der Waals surface area contributed by atoms with Gasteiger partial charge in [-0.1, -0.05) is 28.1 Å². The highest BCUT2D eigenvalue weighted by atomic mass is 79.9. The number of benzene rings is 2. The monoisotopic (exact) mass is 560 g/mol. The van der Waals surface area contributed by atoms with E-state index in [0.29, 0.717) is 26.9 Å². The Morgan fingerprint density at radius 2 is 1.44 bits per heavy atom. The quantitative estimate of drug-likeness (QED) is 0.207. The number of halogens is 3. The maximum atomic E-state index is 11.8. The van der Waals surface area contributed by atoms with Gasteiger partial charge in [0.1, 0.15) is 17.9 Å². The van der Waals surface area contributed by atoms with Crippen molar-refractivity contribution in [1.29, 1.82) is 0 Å². The van der Waals surface area contributed by atoms with Crippen molar-refractivity contribution in [3.63, 3.8) is 0 Å². The zero-order valence-corrected chi connectivity index (χ0v) is 19.2. The molecule has 0 amide bonds. The average molecular weight is 563 g/mol. The van der Waals surface area contributed by atoms with Crippen LogP contribution in [0.15, 0.2) is 55.4 Å². The van der Waals surface area contributed by atoms with E-state index >= 15 is 0 Å². The number of ether oxygens (including phenoxy) is 3. The van der Waals surface area contributed by atoms with Gasteiger partial charge in [0.15, 0.2) is 0 Å². The van der Waals surface area contributed by atoms with Crippen LogP contribution in [0.2, 0.25) is 0 Å². The van der Waals surface area contributed by atoms with Crippen molar-refractivity contribution in [2.75, 3.05) is 14.2 Å². The number of carbonyl (C=O) groups is 2. The maximum Gasteiger partial charge on any atom is 0.345 e. The molecular weight excluding hydrogens is 548 g/mol. The fourth-order valence-electron chi connectivity index (χ4n) is 2.12. The third-order valence-corrected chi connectivity index (χ3v) is 5.15. The summed E-state index contributed by atoms with van der Waals surface area (Å²) >= 11 is 10.3. The zero-order chi connectivity index (χ0) is 20.0. The van der Waals surface area contributed by atoms with Gasteiger partial charge in [-0.25, -0.2) is 9.59 Å². The molecule has 0 N–H and O–H groups in total. The molecule has 0 aliphatic carbocycles. The summed E-state index contributed by atoms with van der Waals surface area (Å²) in [6.45, 7) is 0.384. The second kappa shape index (κ2) is 10.1. The van der Waals surface area contributed by atoms with Gasteiger partial charge in [0.2, 0.25) is 0 Å². The van der Waals surface area contributed by atoms with Crippen LogP contribution in [0, 0.1) is 0 Å². The molecule has 5 nitrogen and oxygen atoms in total. The van der Waals surface area contributed by atoms with Crippen LogP contribution in [0.25, 0.3) is 6.08 Å². The minimum atomic E-state index is -0.773. The summed E-state index contributed by atoms with van der Waals surface area (Å²) in [6, 6.07) is 11.3. The summed E-state index contributed by atoms with van der Waals surface area (Å²) in [5.41, 5.74) is 1.40. The zero-order valence-electron chi connectivity index (χ0n) is 14.4. The first-order valence-electron chi connectivity index (χ1n) is 7.60. The molecular formula is C19H15Br3O5. The van der Waals surface area contributed by atoms with Gasteiger partial charge in [-0.05, 0) is 73.3 Å². The van der Waals surface area contributed by atoms with E-state index in [0.717, 1.165) is 10.0 Å². The fraction of sp³-hybridized carbons (Fsp3) is 0.158. The number of carbonyl (C=O) groups excluding carboxylic acids is 2. The maximum absolute atomic E-state index is 11.8. The largest absolute Gasteiger partial charge is 0.487 e. The van der Waals surface area contributed by atoms with E-state index in [1.807, 2.05) is 24.3 Å². The van der Waals surface area contributed by atoms with Gasteiger partial charge < -0.3 is 14.2 Å². The van der Waals surface area contributed by atoms with E-state index in [4.69, 9.17) is 4.74 Å². The molecule has 8 heteroatoms. The smallest absolute Gasteiger partial charge is 0.345 e. The van der Waals surface area contributed by atoms with Gasteiger partial charge in [-0.2, -0.15) is 0 Å². The highest BCUT2D eigenvalue weighted by molar-refractivity contribution is 9.11. The van der Waals surface area contributed by atoms with E-state index in [9.17, 15) is 9.59 Å². The highest BCUT2D eigenvalue weighted by Crippen LogP contribution is 2.36. The van der Waals surface area contributed by atoms with Gasteiger partial charge in [0, 0.05) is 4.47 Å². The lowest BCUT2D eigenvalue weighted by Gasteiger charge is -2.12. The lowest BCUT2D eigenvalue weighted by Crippen LogP contribution is -2.15. The molecule has 0 spiro atoms. The first-order chi connectivity index (χ1) is 12.8. The third-order valence-electron chi connectivity index (χ3n) is 3.44. The molecule has 142 valence electrons. The Morgan fingerprint density at radius 1 is 0.926 bits per heavy atom. The molecule has 0 heterocycles. The summed E-state index contributed by atoms with van der Waals surface area (Å²) in [6.07, 6.45) is 1.39. The Balaban J connectivity index is 2.27. The molecule has 0 aliphatic heterocycles. The Hall–Kier alpha value is -1.64. The molecule has 0 atom stereocenters. The van der Waals surface area contributed by atoms with Crippen molar-refractivity contribution in [2.45, 2.75) is 6.61 Å². The predicted octanol–water partition coefficient (Wildman–Crippen LogP) is 5.28. The van der Waals surface area contributed by atoms with Crippen molar-refractivity contribution in [3.8, 4) is 5.75 Å². The summed E-state index contributed by atoms with van der Waals surface area (Å²) in [5, 5.41) is 0. The van der Waals surface area contributed by atoms with Crippen LogP contribution >= 0.6 is 47.8 Å². The standard InChI is InChI=1S/C19H15Br3O5/c1-25-18(23)14(19(24)26-2)7-12-8-15(21)17(16(22)9-12)27-10-11-3-5-13(20)6-4-11/h3-9H,10H2,1-2H3. The Kier molecular flexibility index (Phi) is 8.07. The Labute approximate surface area is 182 Å². The highest BCUT2D eigenvalue weighted by Gasteiger charge is 2.20. The summed E-state index contributed by atoms with van der Waals surface area (Å²) in [7, 11) is 2.40. The molecule has 0 unspecified atom stereocenters. The minimum absolute atomic E-state index is 0.206. The van der Waals surface area contributed by atoms with E-state index in [2.05, 4.69) is 57.3 Å². The van der Waals surface area contributed by atoms with Crippen LogP contribution < -0.4 is 4.74 Å². The lowest BCUT2D eigenvalue weighted by atomic mass is 10.1. The summed E-state index contributed by atoms with van der Waals surface area (Å²) in [5.74, 6) is -0.943. The summed E-state index contributed by atoms with van der Waals surface area (Å²) in [4.78, 5) is 23.6. The van der Waals surface area contributed by atoms with Gasteiger partial charge >= 0.3 is 11.9 Å². The third kappa shape index (κ3) is 5.92. The number of hydrogen-bond donors (Lipinski definition) is 0. The minimum Gasteiger partial charge on any atom is -0.487 e. The first-order valence-corrected chi connectivity index (χ1v) is 9.98. The van der Waals surface area contributed by atoms with Crippen LogP contribution in [0.4, 0.5) is 0 Å². The SMILES string of the molecule is COC(=O)C(=Cc1cc(Br)c(OCc2ccc(Br)cc2)c(Br)c1)C(=O)OC. The topological polar surface area (TPSA) is 61.8 Å². The Bertz CT molecular complexity index is 834. The molecule has 0 bridgehead atoms. The second-order valence-electron chi connectivity index (χ2n) is 5.27. The number of esters is 2. The second-order valence-corrected chi connectivity index (χ2v) is 7.89. The molecule has 2 aromatic carbocycles. The van der Waals surface area contributed by atoms with Gasteiger partial charge in [0.25, 0.3) is 0 Å². The molecule has 0 saturated carbocycles.